The molecule has 1 fully saturated rings. The van der Waals surface area contributed by atoms with Gasteiger partial charge in [-0.25, -0.2) is 4.98 Å². The Bertz CT molecular complexity index is 404. The SMILES string of the molecule is CO[C@H]1CCN(c2nccc(N)n2)C[C@H]1OCCO. The first-order valence-corrected chi connectivity index (χ1v) is 6.33. The molecule has 3 N–H and O–H groups in total. The van der Waals surface area contributed by atoms with E-state index in [9.17, 15) is 0 Å². The summed E-state index contributed by atoms with van der Waals surface area (Å²) in [5.41, 5.74) is 5.67. The molecule has 2 rings (SSSR count). The zero-order valence-corrected chi connectivity index (χ0v) is 11.0. The molecule has 0 aliphatic carbocycles. The average Bonchev–Trinajstić information content (AvgIpc) is 2.44. The molecule has 1 aliphatic heterocycles. The molecule has 7 nitrogen and oxygen atoms in total. The third-order valence-electron chi connectivity index (χ3n) is 3.17. The first kappa shape index (κ1) is 14.0. The number of nitrogens with two attached hydrogens (primary N) is 1. The molecular weight excluding hydrogens is 248 g/mol. The lowest BCUT2D eigenvalue weighted by molar-refractivity contribution is -0.0707. The van der Waals surface area contributed by atoms with Gasteiger partial charge in [0.05, 0.1) is 19.3 Å². The topological polar surface area (TPSA) is 93.7 Å². The van der Waals surface area contributed by atoms with Crippen molar-refractivity contribution in [2.75, 3.05) is 44.0 Å². The molecule has 2 heterocycles. The van der Waals surface area contributed by atoms with Crippen molar-refractivity contribution in [1.29, 1.82) is 0 Å². The van der Waals surface area contributed by atoms with E-state index in [0.717, 1.165) is 13.0 Å². The van der Waals surface area contributed by atoms with E-state index in [1.165, 1.54) is 0 Å². The fourth-order valence-electron chi connectivity index (χ4n) is 2.22. The van der Waals surface area contributed by atoms with Crippen LogP contribution in [0, 0.1) is 0 Å². The van der Waals surface area contributed by atoms with Crippen LogP contribution in [-0.4, -0.2) is 60.7 Å². The zero-order valence-electron chi connectivity index (χ0n) is 11.0. The summed E-state index contributed by atoms with van der Waals surface area (Å²) >= 11 is 0. The fourth-order valence-corrected chi connectivity index (χ4v) is 2.22. The summed E-state index contributed by atoms with van der Waals surface area (Å²) in [7, 11) is 1.67. The second kappa shape index (κ2) is 6.65. The Labute approximate surface area is 112 Å². The third kappa shape index (κ3) is 3.52. The number of nitrogen functional groups attached to an aromatic ring is 1. The van der Waals surface area contributed by atoms with Gasteiger partial charge in [0.15, 0.2) is 0 Å². The second-order valence-corrected chi connectivity index (χ2v) is 4.42. The Morgan fingerprint density at radius 1 is 1.53 bits per heavy atom. The van der Waals surface area contributed by atoms with Gasteiger partial charge in [-0.1, -0.05) is 0 Å². The summed E-state index contributed by atoms with van der Waals surface area (Å²) in [4.78, 5) is 10.4. The molecule has 0 saturated carbocycles. The second-order valence-electron chi connectivity index (χ2n) is 4.42. The predicted molar refractivity (Wildman–Crippen MR) is 70.9 cm³/mol. The molecule has 19 heavy (non-hydrogen) atoms. The fraction of sp³-hybridized carbons (Fsp3) is 0.667. The molecule has 2 atom stereocenters. The number of aromatic nitrogens is 2. The van der Waals surface area contributed by atoms with E-state index in [1.54, 1.807) is 19.4 Å². The van der Waals surface area contributed by atoms with Crippen LogP contribution in [0.5, 0.6) is 0 Å². The number of nitrogens with zero attached hydrogens (tertiary/aromatic N) is 3. The Kier molecular flexibility index (Phi) is 4.89. The van der Waals surface area contributed by atoms with Gasteiger partial charge < -0.3 is 25.2 Å². The summed E-state index contributed by atoms with van der Waals surface area (Å²) < 4.78 is 11.0. The average molecular weight is 268 g/mol. The largest absolute Gasteiger partial charge is 0.394 e. The van der Waals surface area contributed by atoms with Crippen LogP contribution in [0.1, 0.15) is 6.42 Å². The number of piperidine rings is 1. The molecule has 0 unspecified atom stereocenters. The van der Waals surface area contributed by atoms with Crippen LogP contribution in [0.15, 0.2) is 12.3 Å². The normalized spacial score (nSPS) is 23.6. The zero-order chi connectivity index (χ0) is 13.7. The summed E-state index contributed by atoms with van der Waals surface area (Å²) in [5, 5.41) is 8.85. The highest BCUT2D eigenvalue weighted by molar-refractivity contribution is 5.38. The quantitative estimate of drug-likeness (QED) is 0.754. The van der Waals surface area contributed by atoms with Gasteiger partial charge in [0.1, 0.15) is 11.9 Å². The molecule has 0 amide bonds. The molecule has 106 valence electrons. The van der Waals surface area contributed by atoms with Gasteiger partial charge in [-0.05, 0) is 12.5 Å². The van der Waals surface area contributed by atoms with E-state index in [1.807, 2.05) is 4.90 Å². The van der Waals surface area contributed by atoms with E-state index >= 15 is 0 Å². The highest BCUT2D eigenvalue weighted by atomic mass is 16.5. The molecule has 0 aromatic carbocycles. The number of aliphatic hydroxyl groups is 1. The number of anilines is 2. The van der Waals surface area contributed by atoms with Gasteiger partial charge in [-0.2, -0.15) is 4.98 Å². The van der Waals surface area contributed by atoms with Crippen LogP contribution >= 0.6 is 0 Å². The number of hydrogen-bond acceptors (Lipinski definition) is 7. The maximum atomic E-state index is 8.85. The number of rotatable bonds is 5. The monoisotopic (exact) mass is 268 g/mol. The summed E-state index contributed by atoms with van der Waals surface area (Å²) in [6.45, 7) is 1.72. The van der Waals surface area contributed by atoms with Crippen LogP contribution in [0.3, 0.4) is 0 Å². The molecule has 7 heteroatoms. The molecule has 0 radical (unpaired) electrons. The van der Waals surface area contributed by atoms with Crippen molar-refractivity contribution < 1.29 is 14.6 Å². The first-order valence-electron chi connectivity index (χ1n) is 6.33. The Hall–Kier alpha value is -1.44. The predicted octanol–water partition coefficient (Wildman–Crippen LogP) is -0.339. The molecule has 1 aromatic rings. The van der Waals surface area contributed by atoms with Gasteiger partial charge >= 0.3 is 0 Å². The van der Waals surface area contributed by atoms with Gasteiger partial charge in [-0.15, -0.1) is 0 Å². The summed E-state index contributed by atoms with van der Waals surface area (Å²) in [6, 6.07) is 1.66. The van der Waals surface area contributed by atoms with Crippen molar-refractivity contribution in [3.8, 4) is 0 Å². The maximum absolute atomic E-state index is 8.85. The molecule has 1 saturated heterocycles. The molecular formula is C12H20N4O3. The van der Waals surface area contributed by atoms with Crippen molar-refractivity contribution in [2.24, 2.45) is 0 Å². The number of hydrogen-bond donors (Lipinski definition) is 2. The molecule has 1 aromatic heterocycles. The van der Waals surface area contributed by atoms with Crippen molar-refractivity contribution in [1.82, 2.24) is 9.97 Å². The minimum Gasteiger partial charge on any atom is -0.394 e. The van der Waals surface area contributed by atoms with Gasteiger partial charge in [0.25, 0.3) is 0 Å². The van der Waals surface area contributed by atoms with E-state index in [2.05, 4.69) is 9.97 Å². The Balaban J connectivity index is 2.04. The highest BCUT2D eigenvalue weighted by Crippen LogP contribution is 2.20. The maximum Gasteiger partial charge on any atom is 0.227 e. The highest BCUT2D eigenvalue weighted by Gasteiger charge is 2.31. The van der Waals surface area contributed by atoms with E-state index in [4.69, 9.17) is 20.3 Å². The first-order chi connectivity index (χ1) is 9.24. The summed E-state index contributed by atoms with van der Waals surface area (Å²) in [5.74, 6) is 1.05. The van der Waals surface area contributed by atoms with Gasteiger partial charge in [0.2, 0.25) is 5.95 Å². The Morgan fingerprint density at radius 3 is 3.05 bits per heavy atom. The van der Waals surface area contributed by atoms with Gasteiger partial charge in [-0.3, -0.25) is 0 Å². The molecule has 0 bridgehead atoms. The smallest absolute Gasteiger partial charge is 0.227 e. The van der Waals surface area contributed by atoms with E-state index < -0.39 is 0 Å². The van der Waals surface area contributed by atoms with Crippen LogP contribution < -0.4 is 10.6 Å². The minimum atomic E-state index is -0.101. The molecule has 1 aliphatic rings. The van der Waals surface area contributed by atoms with E-state index in [-0.39, 0.29) is 18.8 Å². The van der Waals surface area contributed by atoms with Crippen molar-refractivity contribution >= 4 is 11.8 Å². The lowest BCUT2D eigenvalue weighted by atomic mass is 10.0. The summed E-state index contributed by atoms with van der Waals surface area (Å²) in [6.07, 6.45) is 2.40. The van der Waals surface area contributed by atoms with Crippen LogP contribution in [-0.2, 0) is 9.47 Å². The minimum absolute atomic E-state index is 0.00171. The lowest BCUT2D eigenvalue weighted by Crippen LogP contribution is -2.49. The van der Waals surface area contributed by atoms with Crippen LogP contribution in [0.25, 0.3) is 0 Å². The number of methoxy groups -OCH3 is 1. The van der Waals surface area contributed by atoms with Gasteiger partial charge in [0, 0.05) is 26.4 Å². The Morgan fingerprint density at radius 2 is 2.37 bits per heavy atom. The standard InChI is InChI=1S/C12H20N4O3/c1-18-9-3-5-16(8-10(9)19-7-6-17)12-14-4-2-11(13)15-12/h2,4,9-10,17H,3,5-8H2,1H3,(H2,13,14,15)/t9-,10+/m0/s1. The lowest BCUT2D eigenvalue weighted by Gasteiger charge is -2.37. The number of aliphatic hydroxyl groups excluding tert-OH is 1. The third-order valence-corrected chi connectivity index (χ3v) is 3.17. The van der Waals surface area contributed by atoms with Crippen LogP contribution in [0.2, 0.25) is 0 Å². The molecule has 0 spiro atoms. The van der Waals surface area contributed by atoms with E-state index in [0.29, 0.717) is 24.9 Å². The van der Waals surface area contributed by atoms with Crippen molar-refractivity contribution in [3.63, 3.8) is 0 Å². The van der Waals surface area contributed by atoms with Crippen LogP contribution in [0.4, 0.5) is 11.8 Å². The van der Waals surface area contributed by atoms with Crippen molar-refractivity contribution in [3.05, 3.63) is 12.3 Å². The van der Waals surface area contributed by atoms with Crippen molar-refractivity contribution in [2.45, 2.75) is 18.6 Å². The number of ether oxygens (including phenoxy) is 2.